The topological polar surface area (TPSA) is 61.6 Å². The van der Waals surface area contributed by atoms with Crippen LogP contribution in [0.3, 0.4) is 0 Å². The molecule has 6 heteroatoms. The van der Waals surface area contributed by atoms with Gasteiger partial charge in [0.15, 0.2) is 0 Å². The number of allylic oxidation sites excluding steroid dienone is 4. The van der Waals surface area contributed by atoms with Gasteiger partial charge in [0, 0.05) is 12.1 Å². The Balaban J connectivity index is 1.87. The van der Waals surface area contributed by atoms with Crippen molar-refractivity contribution in [3.05, 3.63) is 70.3 Å². The molecule has 1 aromatic rings. The second-order valence-electron chi connectivity index (χ2n) is 4.59. The molecule has 0 unspecified atom stereocenters. The summed E-state index contributed by atoms with van der Waals surface area (Å²) in [4.78, 5) is 10.1. The van der Waals surface area contributed by atoms with Crippen molar-refractivity contribution in [1.29, 1.82) is 0 Å². The van der Waals surface area contributed by atoms with Crippen LogP contribution in [0.25, 0.3) is 6.08 Å². The van der Waals surface area contributed by atoms with Crippen LogP contribution in [0, 0.1) is 10.1 Å². The first-order valence-corrected chi connectivity index (χ1v) is 7.30. The second kappa shape index (κ2) is 7.89. The largest absolute Gasteiger partial charge is 0.343 e. The molecule has 5 nitrogen and oxygen atoms in total. The summed E-state index contributed by atoms with van der Waals surface area (Å²) in [6.45, 7) is 1.08. The van der Waals surface area contributed by atoms with E-state index in [4.69, 9.17) is 21.1 Å². The number of hydrogen-bond donors (Lipinski definition) is 0. The minimum Gasteiger partial charge on any atom is -0.343 e. The lowest BCUT2D eigenvalue weighted by Crippen LogP contribution is -2.29. The van der Waals surface area contributed by atoms with E-state index in [2.05, 4.69) is 0 Å². The van der Waals surface area contributed by atoms with Crippen LogP contribution in [0.5, 0.6) is 0 Å². The molecule has 1 heterocycles. The molecule has 1 saturated heterocycles. The molecule has 22 heavy (non-hydrogen) atoms. The molecule has 116 valence electrons. The molecule has 2 rings (SSSR count). The Morgan fingerprint density at radius 3 is 2.36 bits per heavy atom. The van der Waals surface area contributed by atoms with E-state index in [1.165, 1.54) is 12.1 Å². The Labute approximate surface area is 133 Å². The van der Waals surface area contributed by atoms with Gasteiger partial charge in [-0.3, -0.25) is 10.1 Å². The van der Waals surface area contributed by atoms with Crippen molar-refractivity contribution >= 4 is 23.4 Å². The molecule has 1 aliphatic rings. The highest BCUT2D eigenvalue weighted by Crippen LogP contribution is 2.22. The van der Waals surface area contributed by atoms with Crippen LogP contribution in [-0.4, -0.2) is 29.8 Å². The highest BCUT2D eigenvalue weighted by molar-refractivity contribution is 6.18. The number of nitro groups is 1. The zero-order valence-electron chi connectivity index (χ0n) is 11.9. The average molecular weight is 322 g/mol. The third kappa shape index (κ3) is 4.53. The predicted octanol–water partition coefficient (Wildman–Crippen LogP) is 3.70. The van der Waals surface area contributed by atoms with Gasteiger partial charge in [-0.1, -0.05) is 30.4 Å². The van der Waals surface area contributed by atoms with Gasteiger partial charge in [0.25, 0.3) is 5.69 Å². The molecule has 1 fully saturated rings. The fourth-order valence-corrected chi connectivity index (χ4v) is 2.14. The molecule has 0 spiro atoms. The lowest BCUT2D eigenvalue weighted by molar-refractivity contribution is -0.384. The monoisotopic (exact) mass is 321 g/mol. The Bertz CT molecular complexity index is 587. The molecule has 0 saturated carbocycles. The number of hydrogen-bond acceptors (Lipinski definition) is 4. The minimum absolute atomic E-state index is 0.0820. The van der Waals surface area contributed by atoms with E-state index in [1.807, 2.05) is 30.4 Å². The van der Waals surface area contributed by atoms with Crippen molar-refractivity contribution in [2.45, 2.75) is 5.79 Å². The molecule has 1 aliphatic heterocycles. The highest BCUT2D eigenvalue weighted by Gasteiger charge is 2.32. The number of non-ortho nitro benzene ring substituents is 1. The summed E-state index contributed by atoms with van der Waals surface area (Å²) in [7, 11) is 0. The summed E-state index contributed by atoms with van der Waals surface area (Å²) < 4.78 is 10.9. The number of ether oxygens (including phenoxy) is 2. The quantitative estimate of drug-likeness (QED) is 0.347. The molecule has 0 atom stereocenters. The number of benzene rings is 1. The van der Waals surface area contributed by atoms with Gasteiger partial charge in [0.1, 0.15) is 0 Å². The van der Waals surface area contributed by atoms with Gasteiger partial charge in [-0.15, -0.1) is 11.6 Å². The molecule has 1 aromatic carbocycles. The standard InChI is InChI=1S/C16H16ClNO4/c17-13-16(21-11-12-22-16)10-4-2-1-3-5-14-6-8-15(9-7-14)18(19)20/h1-10H,11-13H2. The zero-order chi connectivity index (χ0) is 15.8. The third-order valence-electron chi connectivity index (χ3n) is 3.04. The molecule has 0 radical (unpaired) electrons. The lowest BCUT2D eigenvalue weighted by Gasteiger charge is -2.19. The van der Waals surface area contributed by atoms with E-state index in [0.717, 1.165) is 5.56 Å². The summed E-state index contributed by atoms with van der Waals surface area (Å²) in [5.41, 5.74) is 0.970. The van der Waals surface area contributed by atoms with Crippen LogP contribution in [0.15, 0.2) is 54.6 Å². The van der Waals surface area contributed by atoms with Crippen molar-refractivity contribution in [3.63, 3.8) is 0 Å². The normalized spacial score (nSPS) is 17.9. The van der Waals surface area contributed by atoms with Gasteiger partial charge >= 0.3 is 0 Å². The van der Waals surface area contributed by atoms with Gasteiger partial charge in [-0.2, -0.15) is 0 Å². The van der Waals surface area contributed by atoms with E-state index >= 15 is 0 Å². The first-order valence-electron chi connectivity index (χ1n) is 6.76. The molecule has 0 amide bonds. The fraction of sp³-hybridized carbons (Fsp3) is 0.250. The van der Waals surface area contributed by atoms with E-state index in [-0.39, 0.29) is 11.6 Å². The molecule has 0 N–H and O–H groups in total. The van der Waals surface area contributed by atoms with Crippen LogP contribution in [0.2, 0.25) is 0 Å². The smallest absolute Gasteiger partial charge is 0.269 e. The van der Waals surface area contributed by atoms with Crippen molar-refractivity contribution in [1.82, 2.24) is 0 Å². The maximum absolute atomic E-state index is 10.5. The maximum atomic E-state index is 10.5. The number of nitro benzene ring substituents is 1. The summed E-state index contributed by atoms with van der Waals surface area (Å²) >= 11 is 5.83. The van der Waals surface area contributed by atoms with Gasteiger partial charge in [0.05, 0.1) is 24.0 Å². The SMILES string of the molecule is O=[N+]([O-])c1ccc(C=CC=CC=CC2(CCl)OCCO2)cc1. The lowest BCUT2D eigenvalue weighted by atomic mass is 10.2. The van der Waals surface area contributed by atoms with Crippen molar-refractivity contribution < 1.29 is 14.4 Å². The summed E-state index contributed by atoms with van der Waals surface area (Å²) in [6.07, 6.45) is 11.0. The Morgan fingerprint density at radius 2 is 1.77 bits per heavy atom. The van der Waals surface area contributed by atoms with Crippen LogP contribution in [-0.2, 0) is 9.47 Å². The van der Waals surface area contributed by atoms with E-state index in [0.29, 0.717) is 13.2 Å². The number of rotatable bonds is 6. The van der Waals surface area contributed by atoms with Gasteiger partial charge < -0.3 is 9.47 Å². The highest BCUT2D eigenvalue weighted by atomic mass is 35.5. The third-order valence-corrected chi connectivity index (χ3v) is 3.41. The van der Waals surface area contributed by atoms with Crippen LogP contribution in [0.4, 0.5) is 5.69 Å². The summed E-state index contributed by atoms with van der Waals surface area (Å²) in [5.74, 6) is -0.566. The maximum Gasteiger partial charge on any atom is 0.269 e. The summed E-state index contributed by atoms with van der Waals surface area (Å²) in [5, 5.41) is 10.5. The minimum atomic E-state index is -0.812. The van der Waals surface area contributed by atoms with E-state index in [9.17, 15) is 10.1 Å². The van der Waals surface area contributed by atoms with E-state index in [1.54, 1.807) is 18.2 Å². The van der Waals surface area contributed by atoms with Crippen LogP contribution in [0.1, 0.15) is 5.56 Å². The number of alkyl halides is 1. The number of halogens is 1. The predicted molar refractivity (Wildman–Crippen MR) is 85.8 cm³/mol. The summed E-state index contributed by atoms with van der Waals surface area (Å²) in [6, 6.07) is 6.34. The van der Waals surface area contributed by atoms with E-state index < -0.39 is 10.7 Å². The molecule has 0 aliphatic carbocycles. The second-order valence-corrected chi connectivity index (χ2v) is 4.86. The Morgan fingerprint density at radius 1 is 1.14 bits per heavy atom. The first kappa shape index (κ1) is 16.4. The zero-order valence-corrected chi connectivity index (χ0v) is 12.6. The Hall–Kier alpha value is -1.95. The molecular formula is C16H16ClNO4. The van der Waals surface area contributed by atoms with Crippen molar-refractivity contribution in [3.8, 4) is 0 Å². The average Bonchev–Trinajstić information content (AvgIpc) is 3.00. The van der Waals surface area contributed by atoms with Crippen molar-refractivity contribution in [2.75, 3.05) is 19.1 Å². The first-order chi connectivity index (χ1) is 10.7. The van der Waals surface area contributed by atoms with Gasteiger partial charge in [-0.25, -0.2) is 0 Å². The van der Waals surface area contributed by atoms with Gasteiger partial charge in [0.2, 0.25) is 5.79 Å². The van der Waals surface area contributed by atoms with Crippen LogP contribution >= 0.6 is 11.6 Å². The molecule has 0 aromatic heterocycles. The molecular weight excluding hydrogens is 306 g/mol. The number of nitrogens with zero attached hydrogens (tertiary/aromatic N) is 1. The Kier molecular flexibility index (Phi) is 5.89. The van der Waals surface area contributed by atoms with Gasteiger partial charge in [-0.05, 0) is 23.8 Å². The van der Waals surface area contributed by atoms with Crippen molar-refractivity contribution in [2.24, 2.45) is 0 Å². The van der Waals surface area contributed by atoms with Crippen LogP contribution < -0.4 is 0 Å². The molecule has 0 bridgehead atoms. The fourth-order valence-electron chi connectivity index (χ4n) is 1.89.